The fourth-order valence-electron chi connectivity index (χ4n) is 4.35. The smallest absolute Gasteiger partial charge is 0.315 e. The molecular formula is C23H27N3O4. The van der Waals surface area contributed by atoms with Crippen molar-refractivity contribution in [1.29, 1.82) is 0 Å². The largest absolute Gasteiger partial charge is 0.497 e. The zero-order valence-electron chi connectivity index (χ0n) is 17.3. The molecule has 0 radical (unpaired) electrons. The molecule has 1 aliphatic heterocycles. The normalized spacial score (nSPS) is 16.9. The predicted molar refractivity (Wildman–Crippen MR) is 113 cm³/mol. The van der Waals surface area contributed by atoms with Gasteiger partial charge in [-0.15, -0.1) is 0 Å². The minimum absolute atomic E-state index is 0.0353. The Morgan fingerprint density at radius 3 is 2.40 bits per heavy atom. The molecule has 7 nitrogen and oxygen atoms in total. The minimum Gasteiger partial charge on any atom is -0.497 e. The maximum atomic E-state index is 12.6. The van der Waals surface area contributed by atoms with E-state index in [0.717, 1.165) is 37.2 Å². The summed E-state index contributed by atoms with van der Waals surface area (Å²) in [6, 6.07) is 14.9. The quantitative estimate of drug-likeness (QED) is 0.769. The summed E-state index contributed by atoms with van der Waals surface area (Å²) in [5.74, 6) is 1.51. The second-order valence-electron chi connectivity index (χ2n) is 8.17. The van der Waals surface area contributed by atoms with Crippen LogP contribution in [0.3, 0.4) is 0 Å². The number of amides is 3. The summed E-state index contributed by atoms with van der Waals surface area (Å²) in [7, 11) is 3.22. The minimum atomic E-state index is -0.158. The first-order valence-electron chi connectivity index (χ1n) is 10.1. The lowest BCUT2D eigenvalue weighted by Gasteiger charge is -2.59. The number of urea groups is 1. The number of hydrogen-bond donors (Lipinski definition) is 2. The van der Waals surface area contributed by atoms with E-state index in [-0.39, 0.29) is 23.4 Å². The van der Waals surface area contributed by atoms with E-state index in [1.807, 2.05) is 47.4 Å². The van der Waals surface area contributed by atoms with E-state index < -0.39 is 0 Å². The molecule has 7 heteroatoms. The molecule has 0 unspecified atom stereocenters. The third kappa shape index (κ3) is 4.20. The second-order valence-corrected chi connectivity index (χ2v) is 8.17. The highest BCUT2D eigenvalue weighted by molar-refractivity contribution is 5.95. The number of nitrogens with one attached hydrogen (secondary N) is 2. The van der Waals surface area contributed by atoms with Gasteiger partial charge in [0.05, 0.1) is 14.2 Å². The van der Waals surface area contributed by atoms with E-state index >= 15 is 0 Å². The van der Waals surface area contributed by atoms with Crippen LogP contribution in [0.15, 0.2) is 48.5 Å². The van der Waals surface area contributed by atoms with Gasteiger partial charge in [0.2, 0.25) is 0 Å². The summed E-state index contributed by atoms with van der Waals surface area (Å²) in [6.07, 6.45) is 1.82. The Bertz CT molecular complexity index is 914. The van der Waals surface area contributed by atoms with Crippen molar-refractivity contribution in [2.75, 3.05) is 27.3 Å². The van der Waals surface area contributed by atoms with Gasteiger partial charge in [-0.05, 0) is 48.7 Å². The fraction of sp³-hybridized carbons (Fsp3) is 0.391. The van der Waals surface area contributed by atoms with E-state index in [1.54, 1.807) is 20.3 Å². The second kappa shape index (κ2) is 8.26. The molecule has 0 bridgehead atoms. The first-order valence-corrected chi connectivity index (χ1v) is 10.1. The fourth-order valence-corrected chi connectivity index (χ4v) is 4.35. The molecule has 2 aromatic rings. The number of methoxy groups -OCH3 is 2. The Morgan fingerprint density at radius 1 is 1.03 bits per heavy atom. The van der Waals surface area contributed by atoms with Gasteiger partial charge in [0.1, 0.15) is 11.5 Å². The van der Waals surface area contributed by atoms with Gasteiger partial charge in [-0.25, -0.2) is 4.79 Å². The average Bonchev–Trinajstić information content (AvgIpc) is 2.73. The third-order valence-corrected chi connectivity index (χ3v) is 5.96. The molecule has 1 saturated carbocycles. The number of nitrogens with zero attached hydrogens (tertiary/aromatic N) is 1. The lowest BCUT2D eigenvalue weighted by atomic mass is 9.60. The summed E-state index contributed by atoms with van der Waals surface area (Å²) in [6.45, 7) is 1.96. The molecule has 3 amide bonds. The molecule has 2 N–H and O–H groups in total. The van der Waals surface area contributed by atoms with Crippen LogP contribution in [-0.2, 0) is 6.54 Å². The lowest BCUT2D eigenvalue weighted by molar-refractivity contribution is -0.0585. The van der Waals surface area contributed by atoms with Crippen LogP contribution in [0.4, 0.5) is 4.79 Å². The molecule has 0 atom stereocenters. The number of carbonyl (C=O) groups is 2. The monoisotopic (exact) mass is 409 g/mol. The van der Waals surface area contributed by atoms with Gasteiger partial charge in [-0.3, -0.25) is 4.79 Å². The van der Waals surface area contributed by atoms with Crippen molar-refractivity contribution in [2.24, 2.45) is 5.41 Å². The maximum absolute atomic E-state index is 12.6. The Balaban J connectivity index is 1.18. The molecule has 1 spiro atoms. The zero-order chi connectivity index (χ0) is 21.1. The maximum Gasteiger partial charge on any atom is 0.315 e. The van der Waals surface area contributed by atoms with Crippen LogP contribution in [0, 0.1) is 5.41 Å². The van der Waals surface area contributed by atoms with Crippen molar-refractivity contribution in [2.45, 2.75) is 25.4 Å². The molecule has 1 heterocycles. The molecule has 4 rings (SSSR count). The molecule has 30 heavy (non-hydrogen) atoms. The van der Waals surface area contributed by atoms with E-state index in [4.69, 9.17) is 9.47 Å². The number of benzene rings is 2. The van der Waals surface area contributed by atoms with Crippen LogP contribution in [0.1, 0.15) is 28.8 Å². The summed E-state index contributed by atoms with van der Waals surface area (Å²) in [5, 5.41) is 5.92. The Kier molecular flexibility index (Phi) is 5.53. The van der Waals surface area contributed by atoms with Crippen molar-refractivity contribution in [3.8, 4) is 11.5 Å². The first kappa shape index (κ1) is 20.1. The van der Waals surface area contributed by atoms with Gasteiger partial charge in [0, 0.05) is 36.7 Å². The number of hydrogen-bond acceptors (Lipinski definition) is 4. The average molecular weight is 409 g/mol. The van der Waals surface area contributed by atoms with E-state index in [2.05, 4.69) is 10.6 Å². The number of rotatable bonds is 6. The topological polar surface area (TPSA) is 79.9 Å². The molecule has 2 aromatic carbocycles. The summed E-state index contributed by atoms with van der Waals surface area (Å²) in [4.78, 5) is 26.6. The van der Waals surface area contributed by atoms with Gasteiger partial charge in [0.25, 0.3) is 5.91 Å². The Hall–Kier alpha value is -3.22. The van der Waals surface area contributed by atoms with E-state index in [1.165, 1.54) is 0 Å². The summed E-state index contributed by atoms with van der Waals surface area (Å²) < 4.78 is 10.3. The van der Waals surface area contributed by atoms with E-state index in [0.29, 0.717) is 17.9 Å². The highest BCUT2D eigenvalue weighted by Gasteiger charge is 2.54. The number of likely N-dealkylation sites (tertiary alicyclic amines) is 1. The highest BCUT2D eigenvalue weighted by atomic mass is 16.5. The van der Waals surface area contributed by atoms with Crippen molar-refractivity contribution in [1.82, 2.24) is 15.5 Å². The molecule has 158 valence electrons. The van der Waals surface area contributed by atoms with Crippen LogP contribution in [0.25, 0.3) is 0 Å². The van der Waals surface area contributed by atoms with Crippen molar-refractivity contribution < 1.29 is 19.1 Å². The van der Waals surface area contributed by atoms with Crippen molar-refractivity contribution in [3.05, 3.63) is 59.7 Å². The van der Waals surface area contributed by atoms with Crippen LogP contribution < -0.4 is 20.1 Å². The van der Waals surface area contributed by atoms with Gasteiger partial charge in [-0.1, -0.05) is 18.2 Å². The molecule has 2 fully saturated rings. The lowest BCUT2D eigenvalue weighted by Crippen LogP contribution is -2.67. The van der Waals surface area contributed by atoms with Crippen LogP contribution in [-0.4, -0.2) is 50.2 Å². The first-order chi connectivity index (χ1) is 14.5. The molecule has 0 aromatic heterocycles. The number of ether oxygens (including phenoxy) is 2. The van der Waals surface area contributed by atoms with Crippen molar-refractivity contribution in [3.63, 3.8) is 0 Å². The SMILES string of the molecule is COc1ccc(CNC(=O)NC2CC3(C2)CN(C(=O)c2cccc(OC)c2)C3)cc1. The van der Waals surface area contributed by atoms with Crippen LogP contribution >= 0.6 is 0 Å². The Labute approximate surface area is 176 Å². The standard InChI is InChI=1S/C23H27N3O4/c1-29-19-8-6-16(7-9-19)13-24-22(28)25-18-11-23(12-18)14-26(15-23)21(27)17-4-3-5-20(10-17)30-2/h3-10,18H,11-15H2,1-2H3,(H2,24,25,28). The summed E-state index contributed by atoms with van der Waals surface area (Å²) >= 11 is 0. The van der Waals surface area contributed by atoms with E-state index in [9.17, 15) is 9.59 Å². The molecular weight excluding hydrogens is 382 g/mol. The third-order valence-electron chi connectivity index (χ3n) is 5.96. The molecule has 1 saturated heterocycles. The van der Waals surface area contributed by atoms with Crippen LogP contribution in [0.2, 0.25) is 0 Å². The zero-order valence-corrected chi connectivity index (χ0v) is 17.3. The van der Waals surface area contributed by atoms with Crippen LogP contribution in [0.5, 0.6) is 11.5 Å². The Morgan fingerprint density at radius 2 is 1.73 bits per heavy atom. The van der Waals surface area contributed by atoms with Gasteiger partial charge in [0.15, 0.2) is 0 Å². The van der Waals surface area contributed by atoms with Gasteiger partial charge in [-0.2, -0.15) is 0 Å². The van der Waals surface area contributed by atoms with Gasteiger partial charge >= 0.3 is 6.03 Å². The summed E-state index contributed by atoms with van der Waals surface area (Å²) in [5.41, 5.74) is 1.82. The highest BCUT2D eigenvalue weighted by Crippen LogP contribution is 2.48. The van der Waals surface area contributed by atoms with Crippen molar-refractivity contribution >= 4 is 11.9 Å². The number of carbonyl (C=O) groups excluding carboxylic acids is 2. The molecule has 2 aliphatic rings. The predicted octanol–water partition coefficient (Wildman–Crippen LogP) is 2.81. The molecule has 1 aliphatic carbocycles. The van der Waals surface area contributed by atoms with Gasteiger partial charge < -0.3 is 25.0 Å².